The molecule has 9 heteroatoms. The molecular formula is C19H27ClN2O6. The quantitative estimate of drug-likeness (QED) is 0.245. The number of alkyl halides is 1. The number of nitrogens with two attached hydrogens (primary N) is 1. The van der Waals surface area contributed by atoms with Crippen LogP contribution in [0.4, 0.5) is 4.79 Å². The Bertz CT molecular complexity index is 675. The first kappa shape index (κ1) is 23.7. The molecule has 2 atom stereocenters. The third-order valence-electron chi connectivity index (χ3n) is 3.67. The number of esters is 1. The summed E-state index contributed by atoms with van der Waals surface area (Å²) in [6.07, 6.45) is -0.875. The van der Waals surface area contributed by atoms with Gasteiger partial charge in [0.1, 0.15) is 12.2 Å². The molecule has 0 saturated carbocycles. The van der Waals surface area contributed by atoms with Crippen molar-refractivity contribution in [1.29, 1.82) is 0 Å². The van der Waals surface area contributed by atoms with E-state index in [1.807, 2.05) is 6.07 Å². The van der Waals surface area contributed by atoms with Crippen molar-refractivity contribution < 1.29 is 29.0 Å². The Morgan fingerprint density at radius 3 is 2.32 bits per heavy atom. The molecule has 0 aliphatic carbocycles. The Morgan fingerprint density at radius 1 is 1.21 bits per heavy atom. The summed E-state index contributed by atoms with van der Waals surface area (Å²) in [6.45, 7) is 4.71. The lowest BCUT2D eigenvalue weighted by Crippen LogP contribution is -2.61. The Labute approximate surface area is 169 Å². The smallest absolute Gasteiger partial charge is 0.408 e. The maximum atomic E-state index is 12.7. The molecule has 0 aliphatic heterocycles. The summed E-state index contributed by atoms with van der Waals surface area (Å²) >= 11 is 5.70. The first-order valence-electron chi connectivity index (χ1n) is 8.81. The number of carboxylic acid groups (broad SMARTS) is 1. The van der Waals surface area contributed by atoms with Crippen LogP contribution in [0, 0.1) is 0 Å². The highest BCUT2D eigenvalue weighted by Gasteiger charge is 2.50. The SMILES string of the molecule is CC(C)(C)OC(=O)[C@@](CCCC(N)Cl)(NC(=O)OCc1ccccc1)C(=O)O. The summed E-state index contributed by atoms with van der Waals surface area (Å²) < 4.78 is 10.3. The Hall–Kier alpha value is -2.32. The van der Waals surface area contributed by atoms with Crippen LogP contribution in [0.1, 0.15) is 45.6 Å². The number of halogens is 1. The van der Waals surface area contributed by atoms with Gasteiger partial charge in [-0.05, 0) is 45.6 Å². The van der Waals surface area contributed by atoms with Gasteiger partial charge in [-0.1, -0.05) is 30.3 Å². The molecule has 0 bridgehead atoms. The molecule has 0 aliphatic rings. The normalized spacial score (nSPS) is 14.5. The molecule has 8 nitrogen and oxygen atoms in total. The van der Waals surface area contributed by atoms with Crippen LogP contribution >= 0.6 is 11.6 Å². The largest absolute Gasteiger partial charge is 0.479 e. The predicted octanol–water partition coefficient (Wildman–Crippen LogP) is 2.77. The number of aliphatic carboxylic acids is 1. The lowest BCUT2D eigenvalue weighted by atomic mass is 9.92. The molecule has 1 rings (SSSR count). The molecule has 0 saturated heterocycles. The second-order valence-electron chi connectivity index (χ2n) is 7.31. The zero-order chi connectivity index (χ0) is 21.4. The fourth-order valence-corrected chi connectivity index (χ4v) is 2.48. The van der Waals surface area contributed by atoms with Crippen molar-refractivity contribution in [2.45, 2.75) is 63.3 Å². The predicted molar refractivity (Wildman–Crippen MR) is 104 cm³/mol. The van der Waals surface area contributed by atoms with Crippen LogP contribution in [-0.2, 0) is 25.7 Å². The number of carbonyl (C=O) groups is 3. The zero-order valence-corrected chi connectivity index (χ0v) is 17.0. The summed E-state index contributed by atoms with van der Waals surface area (Å²) in [5.74, 6) is -2.64. The van der Waals surface area contributed by atoms with E-state index >= 15 is 0 Å². The van der Waals surface area contributed by atoms with Gasteiger partial charge in [-0.2, -0.15) is 0 Å². The van der Waals surface area contributed by atoms with Gasteiger partial charge in [0.05, 0.1) is 5.50 Å². The summed E-state index contributed by atoms with van der Waals surface area (Å²) in [4.78, 5) is 36.9. The Balaban J connectivity index is 2.97. The van der Waals surface area contributed by atoms with E-state index in [2.05, 4.69) is 5.32 Å². The highest BCUT2D eigenvalue weighted by atomic mass is 35.5. The molecule has 156 valence electrons. The standard InChI is InChI=1S/C19H27ClN2O6/c1-18(2,3)28-16(25)19(15(23)24,11-7-10-14(20)21)22-17(26)27-12-13-8-5-4-6-9-13/h4-6,8-9,14H,7,10-12,21H2,1-3H3,(H,22,26)(H,23,24)/t14?,19-/m0/s1. The van der Waals surface area contributed by atoms with Crippen molar-refractivity contribution in [3.05, 3.63) is 35.9 Å². The minimum absolute atomic E-state index is 0.0801. The monoisotopic (exact) mass is 414 g/mol. The van der Waals surface area contributed by atoms with Crippen LogP contribution in [0.15, 0.2) is 30.3 Å². The van der Waals surface area contributed by atoms with E-state index in [1.165, 1.54) is 0 Å². The molecule has 1 amide bonds. The zero-order valence-electron chi connectivity index (χ0n) is 16.2. The van der Waals surface area contributed by atoms with Gasteiger partial charge < -0.3 is 20.3 Å². The van der Waals surface area contributed by atoms with Crippen molar-refractivity contribution in [3.63, 3.8) is 0 Å². The van der Waals surface area contributed by atoms with E-state index in [1.54, 1.807) is 45.0 Å². The van der Waals surface area contributed by atoms with Gasteiger partial charge in [0.2, 0.25) is 5.54 Å². The van der Waals surface area contributed by atoms with Gasteiger partial charge in [-0.15, -0.1) is 11.6 Å². The molecular weight excluding hydrogens is 388 g/mol. The van der Waals surface area contributed by atoms with Crippen LogP contribution in [0.5, 0.6) is 0 Å². The molecule has 0 spiro atoms. The molecule has 0 radical (unpaired) electrons. The molecule has 28 heavy (non-hydrogen) atoms. The molecule has 1 unspecified atom stereocenters. The number of nitrogens with one attached hydrogen (secondary N) is 1. The first-order valence-corrected chi connectivity index (χ1v) is 9.25. The number of alkyl carbamates (subject to hydrolysis) is 1. The number of ether oxygens (including phenoxy) is 2. The van der Waals surface area contributed by atoms with Gasteiger partial charge >= 0.3 is 18.0 Å². The summed E-state index contributed by atoms with van der Waals surface area (Å²) in [7, 11) is 0. The number of hydrogen-bond donors (Lipinski definition) is 3. The van der Waals surface area contributed by atoms with Crippen LogP contribution in [-0.4, -0.2) is 39.8 Å². The van der Waals surface area contributed by atoms with E-state index in [4.69, 9.17) is 26.8 Å². The van der Waals surface area contributed by atoms with Crippen LogP contribution in [0.3, 0.4) is 0 Å². The number of hydrogen-bond acceptors (Lipinski definition) is 6. The molecule has 1 aromatic rings. The second kappa shape index (κ2) is 10.3. The minimum Gasteiger partial charge on any atom is -0.479 e. The topological polar surface area (TPSA) is 128 Å². The van der Waals surface area contributed by atoms with Crippen LogP contribution < -0.4 is 11.1 Å². The number of rotatable bonds is 9. The number of amides is 1. The van der Waals surface area contributed by atoms with Gasteiger partial charge in [-0.3, -0.25) is 5.32 Å². The lowest BCUT2D eigenvalue weighted by molar-refractivity contribution is -0.171. The van der Waals surface area contributed by atoms with E-state index in [9.17, 15) is 19.5 Å². The van der Waals surface area contributed by atoms with Crippen molar-refractivity contribution in [2.75, 3.05) is 0 Å². The molecule has 1 aromatic carbocycles. The van der Waals surface area contributed by atoms with Crippen molar-refractivity contribution in [1.82, 2.24) is 5.32 Å². The Morgan fingerprint density at radius 2 is 1.82 bits per heavy atom. The summed E-state index contributed by atoms with van der Waals surface area (Å²) in [5.41, 5.74) is 2.23. The highest BCUT2D eigenvalue weighted by Crippen LogP contribution is 2.22. The van der Waals surface area contributed by atoms with Crippen LogP contribution in [0.25, 0.3) is 0 Å². The fourth-order valence-electron chi connectivity index (χ4n) is 2.32. The second-order valence-corrected chi connectivity index (χ2v) is 7.87. The fraction of sp³-hybridized carbons (Fsp3) is 0.526. The molecule has 0 aromatic heterocycles. The maximum Gasteiger partial charge on any atom is 0.408 e. The number of benzene rings is 1. The van der Waals surface area contributed by atoms with E-state index < -0.39 is 34.7 Å². The van der Waals surface area contributed by atoms with Gasteiger partial charge in [0.25, 0.3) is 0 Å². The summed E-state index contributed by atoms with van der Waals surface area (Å²) in [5, 5.41) is 11.9. The van der Waals surface area contributed by atoms with Gasteiger partial charge in [0.15, 0.2) is 0 Å². The van der Waals surface area contributed by atoms with Crippen LogP contribution in [0.2, 0.25) is 0 Å². The first-order chi connectivity index (χ1) is 13.0. The average molecular weight is 415 g/mol. The molecule has 0 fully saturated rings. The maximum absolute atomic E-state index is 12.7. The van der Waals surface area contributed by atoms with Gasteiger partial charge in [-0.25, -0.2) is 14.4 Å². The number of carboxylic acids is 1. The Kier molecular flexibility index (Phi) is 8.71. The van der Waals surface area contributed by atoms with Crippen molar-refractivity contribution in [3.8, 4) is 0 Å². The van der Waals surface area contributed by atoms with Crippen molar-refractivity contribution >= 4 is 29.6 Å². The van der Waals surface area contributed by atoms with E-state index in [-0.39, 0.29) is 25.9 Å². The van der Waals surface area contributed by atoms with E-state index in [0.29, 0.717) is 5.56 Å². The van der Waals surface area contributed by atoms with Gasteiger partial charge in [0, 0.05) is 0 Å². The van der Waals surface area contributed by atoms with E-state index in [0.717, 1.165) is 0 Å². The number of carbonyl (C=O) groups excluding carboxylic acids is 2. The molecule has 4 N–H and O–H groups in total. The third kappa shape index (κ3) is 7.74. The average Bonchev–Trinajstić information content (AvgIpc) is 2.57. The lowest BCUT2D eigenvalue weighted by Gasteiger charge is -2.31. The highest BCUT2D eigenvalue weighted by molar-refractivity contribution is 6.20. The summed E-state index contributed by atoms with van der Waals surface area (Å²) in [6, 6.07) is 8.84. The van der Waals surface area contributed by atoms with Crippen molar-refractivity contribution in [2.24, 2.45) is 5.73 Å². The minimum atomic E-state index is -2.31. The molecule has 0 heterocycles. The third-order valence-corrected chi connectivity index (χ3v) is 3.89.